The highest BCUT2D eigenvalue weighted by Crippen LogP contribution is 2.20. The molecule has 4 atom stereocenters. The SMILES string of the molecule is NC(=O)CC(NC(=O)C1CCCN1C(=O)C(CCC(=O)O)NC(=O)C(N)Cc1cnc[nH]1)C(=O)O. The van der Waals surface area contributed by atoms with Crippen LogP contribution in [0.25, 0.3) is 0 Å². The summed E-state index contributed by atoms with van der Waals surface area (Å²) in [6.45, 7) is 0.129. The first-order chi connectivity index (χ1) is 16.5. The van der Waals surface area contributed by atoms with Crippen molar-refractivity contribution in [3.8, 4) is 0 Å². The van der Waals surface area contributed by atoms with E-state index in [-0.39, 0.29) is 25.8 Å². The van der Waals surface area contributed by atoms with E-state index in [0.29, 0.717) is 12.1 Å². The third-order valence-electron chi connectivity index (χ3n) is 5.45. The van der Waals surface area contributed by atoms with Gasteiger partial charge in [0.15, 0.2) is 0 Å². The van der Waals surface area contributed by atoms with Crippen LogP contribution in [0.15, 0.2) is 12.5 Å². The molecule has 9 N–H and O–H groups in total. The molecule has 0 saturated carbocycles. The maximum atomic E-state index is 13.2. The van der Waals surface area contributed by atoms with Gasteiger partial charge in [0.1, 0.15) is 18.1 Å². The summed E-state index contributed by atoms with van der Waals surface area (Å²) in [5.74, 6) is -5.79. The van der Waals surface area contributed by atoms with E-state index in [1.807, 2.05) is 0 Å². The fraction of sp³-hybridized carbons (Fsp3) is 0.550. The van der Waals surface area contributed by atoms with E-state index < -0.39 is 72.6 Å². The van der Waals surface area contributed by atoms with Gasteiger partial charge in [0, 0.05) is 31.3 Å². The Morgan fingerprint density at radius 1 is 1.17 bits per heavy atom. The number of aliphatic carboxylic acids is 2. The Morgan fingerprint density at radius 2 is 1.89 bits per heavy atom. The number of aromatic amines is 1. The average Bonchev–Trinajstić information content (AvgIpc) is 3.47. The molecule has 1 fully saturated rings. The van der Waals surface area contributed by atoms with E-state index in [1.165, 1.54) is 12.5 Å². The van der Waals surface area contributed by atoms with Crippen LogP contribution in [0, 0.1) is 0 Å². The fourth-order valence-electron chi connectivity index (χ4n) is 3.70. The summed E-state index contributed by atoms with van der Waals surface area (Å²) in [6, 6.07) is -4.97. The Bertz CT molecular complexity index is 951. The molecular weight excluding hydrogens is 466 g/mol. The highest BCUT2D eigenvalue weighted by Gasteiger charge is 2.39. The summed E-state index contributed by atoms with van der Waals surface area (Å²) in [4.78, 5) is 79.9. The Balaban J connectivity index is 2.12. The van der Waals surface area contributed by atoms with Gasteiger partial charge in [-0.2, -0.15) is 0 Å². The van der Waals surface area contributed by atoms with Crippen LogP contribution < -0.4 is 22.1 Å². The molecule has 0 aliphatic carbocycles. The fourth-order valence-corrected chi connectivity index (χ4v) is 3.70. The maximum Gasteiger partial charge on any atom is 0.326 e. The highest BCUT2D eigenvalue weighted by atomic mass is 16.4. The molecule has 192 valence electrons. The van der Waals surface area contributed by atoms with Gasteiger partial charge in [-0.1, -0.05) is 0 Å². The number of H-pyrrole nitrogens is 1. The summed E-state index contributed by atoms with van der Waals surface area (Å²) in [6.07, 6.45) is 2.30. The van der Waals surface area contributed by atoms with E-state index in [9.17, 15) is 33.9 Å². The molecule has 35 heavy (non-hydrogen) atoms. The molecule has 4 unspecified atom stereocenters. The second-order valence-electron chi connectivity index (χ2n) is 8.14. The van der Waals surface area contributed by atoms with E-state index in [4.69, 9.17) is 16.6 Å². The summed E-state index contributed by atoms with van der Waals surface area (Å²) in [7, 11) is 0. The number of rotatable bonds is 13. The minimum absolute atomic E-state index is 0.0941. The van der Waals surface area contributed by atoms with Gasteiger partial charge in [-0.3, -0.25) is 24.0 Å². The number of hydrogen-bond acceptors (Lipinski definition) is 8. The van der Waals surface area contributed by atoms with E-state index >= 15 is 0 Å². The van der Waals surface area contributed by atoms with E-state index in [0.717, 1.165) is 4.90 Å². The van der Waals surface area contributed by atoms with Crippen LogP contribution in [0.3, 0.4) is 0 Å². The first-order valence-electron chi connectivity index (χ1n) is 10.9. The summed E-state index contributed by atoms with van der Waals surface area (Å²) < 4.78 is 0. The molecule has 0 aromatic carbocycles. The second-order valence-corrected chi connectivity index (χ2v) is 8.14. The molecule has 2 rings (SSSR count). The molecule has 1 aromatic heterocycles. The van der Waals surface area contributed by atoms with Crippen molar-refractivity contribution in [3.63, 3.8) is 0 Å². The lowest BCUT2D eigenvalue weighted by Gasteiger charge is -2.29. The number of amides is 4. The number of carbonyl (C=O) groups excluding carboxylic acids is 4. The third-order valence-corrected chi connectivity index (χ3v) is 5.45. The van der Waals surface area contributed by atoms with E-state index in [2.05, 4.69) is 20.6 Å². The summed E-state index contributed by atoms with van der Waals surface area (Å²) >= 11 is 0. The zero-order valence-electron chi connectivity index (χ0n) is 18.8. The Kier molecular flexibility index (Phi) is 9.69. The third kappa shape index (κ3) is 8.06. The zero-order chi connectivity index (χ0) is 26.1. The Hall–Kier alpha value is -4.01. The smallest absolute Gasteiger partial charge is 0.326 e. The Labute approximate surface area is 199 Å². The van der Waals surface area contributed by atoms with Crippen LogP contribution in [0.5, 0.6) is 0 Å². The quantitative estimate of drug-likeness (QED) is 0.147. The van der Waals surface area contributed by atoms with Crippen molar-refractivity contribution in [1.29, 1.82) is 0 Å². The van der Waals surface area contributed by atoms with Crippen LogP contribution in [0.1, 0.15) is 37.8 Å². The first kappa shape index (κ1) is 27.2. The van der Waals surface area contributed by atoms with Crippen molar-refractivity contribution in [2.24, 2.45) is 11.5 Å². The normalized spacial score (nSPS) is 17.7. The molecule has 4 amide bonds. The van der Waals surface area contributed by atoms with Crippen molar-refractivity contribution >= 4 is 35.6 Å². The number of carboxylic acids is 2. The molecule has 15 nitrogen and oxygen atoms in total. The van der Waals surface area contributed by atoms with Crippen molar-refractivity contribution in [1.82, 2.24) is 25.5 Å². The molecular formula is C20H29N7O8. The number of aromatic nitrogens is 2. The monoisotopic (exact) mass is 495 g/mol. The van der Waals surface area contributed by atoms with Crippen LogP contribution in [0.4, 0.5) is 0 Å². The van der Waals surface area contributed by atoms with Gasteiger partial charge in [-0.25, -0.2) is 9.78 Å². The predicted molar refractivity (Wildman–Crippen MR) is 117 cm³/mol. The van der Waals surface area contributed by atoms with Crippen molar-refractivity contribution < 1.29 is 39.0 Å². The van der Waals surface area contributed by atoms with Gasteiger partial charge in [0.05, 0.1) is 18.8 Å². The number of nitrogens with zero attached hydrogens (tertiary/aromatic N) is 2. The van der Waals surface area contributed by atoms with E-state index in [1.54, 1.807) is 0 Å². The number of primary amides is 1. The molecule has 1 aliphatic heterocycles. The largest absolute Gasteiger partial charge is 0.481 e. The molecule has 1 aromatic rings. The van der Waals surface area contributed by atoms with Crippen LogP contribution in [-0.4, -0.2) is 91.4 Å². The van der Waals surface area contributed by atoms with Gasteiger partial charge in [0.25, 0.3) is 0 Å². The molecule has 15 heteroatoms. The minimum Gasteiger partial charge on any atom is -0.481 e. The number of hydrogen-bond donors (Lipinski definition) is 7. The zero-order valence-corrected chi connectivity index (χ0v) is 18.8. The molecule has 0 bridgehead atoms. The topological polar surface area (TPSA) is 251 Å². The van der Waals surface area contributed by atoms with Gasteiger partial charge < -0.3 is 42.2 Å². The number of carboxylic acid groups (broad SMARTS) is 2. The van der Waals surface area contributed by atoms with Gasteiger partial charge >= 0.3 is 11.9 Å². The first-order valence-corrected chi connectivity index (χ1v) is 10.9. The second kappa shape index (κ2) is 12.5. The number of nitrogens with one attached hydrogen (secondary N) is 3. The van der Waals surface area contributed by atoms with Crippen LogP contribution in [0.2, 0.25) is 0 Å². The summed E-state index contributed by atoms with van der Waals surface area (Å²) in [5.41, 5.74) is 11.5. The molecule has 1 aliphatic rings. The molecule has 0 radical (unpaired) electrons. The van der Waals surface area contributed by atoms with Gasteiger partial charge in [-0.15, -0.1) is 0 Å². The van der Waals surface area contributed by atoms with Crippen molar-refractivity contribution in [2.75, 3.05) is 6.54 Å². The maximum absolute atomic E-state index is 13.2. The lowest BCUT2D eigenvalue weighted by Crippen LogP contribution is -2.57. The van der Waals surface area contributed by atoms with Crippen molar-refractivity contribution in [2.45, 2.75) is 62.7 Å². The predicted octanol–water partition coefficient (Wildman–Crippen LogP) is -2.94. The molecule has 2 heterocycles. The number of likely N-dealkylation sites (tertiary alicyclic amines) is 1. The molecule has 0 spiro atoms. The van der Waals surface area contributed by atoms with Crippen LogP contribution in [-0.2, 0) is 35.2 Å². The van der Waals surface area contributed by atoms with Gasteiger partial charge in [-0.05, 0) is 19.3 Å². The average molecular weight is 495 g/mol. The van der Waals surface area contributed by atoms with Crippen molar-refractivity contribution in [3.05, 3.63) is 18.2 Å². The van der Waals surface area contributed by atoms with Gasteiger partial charge in [0.2, 0.25) is 23.6 Å². The minimum atomic E-state index is -1.57. The summed E-state index contributed by atoms with van der Waals surface area (Å²) in [5, 5.41) is 22.9. The van der Waals surface area contributed by atoms with Crippen LogP contribution >= 0.6 is 0 Å². The highest BCUT2D eigenvalue weighted by molar-refractivity contribution is 5.95. The number of nitrogens with two attached hydrogens (primary N) is 2. The molecule has 1 saturated heterocycles. The number of imidazole rings is 1. The lowest BCUT2D eigenvalue weighted by molar-refractivity contribution is -0.146. The number of carbonyl (C=O) groups is 6. The lowest BCUT2D eigenvalue weighted by atomic mass is 10.1. The standard InChI is InChI=1S/C20H29N7O8/c21-11(6-10-8-23-9-24-10)17(31)25-12(3-4-16(29)30)19(33)27-5-1-2-14(27)18(32)26-13(20(34)35)7-15(22)28/h8-9,11-14H,1-7,21H2,(H2,22,28)(H,23,24)(H,25,31)(H,26,32)(H,29,30)(H,34,35). The Morgan fingerprint density at radius 3 is 2.46 bits per heavy atom.